The van der Waals surface area contributed by atoms with Gasteiger partial charge in [-0.1, -0.05) is 44.0 Å². The van der Waals surface area contributed by atoms with E-state index in [9.17, 15) is 14.4 Å². The average molecular weight is 522 g/mol. The Kier molecular flexibility index (Phi) is 8.08. The number of anilines is 2. The smallest absolute Gasteiger partial charge is 0.273 e. The molecule has 2 aromatic carbocycles. The van der Waals surface area contributed by atoms with Gasteiger partial charge in [-0.3, -0.25) is 19.3 Å². The van der Waals surface area contributed by atoms with E-state index in [1.807, 2.05) is 31.2 Å². The normalized spacial score (nSPS) is 14.2. The minimum Gasteiger partial charge on any atom is -0.497 e. The van der Waals surface area contributed by atoms with Crippen molar-refractivity contribution >= 4 is 40.6 Å². The van der Waals surface area contributed by atoms with Gasteiger partial charge in [0, 0.05) is 11.7 Å². The maximum Gasteiger partial charge on any atom is 0.273 e. The first-order valence-corrected chi connectivity index (χ1v) is 13.0. The summed E-state index contributed by atoms with van der Waals surface area (Å²) in [6, 6.07) is 13.5. The SMILES string of the molecule is CCc1ccc(N(C(=O)c2snc(C(N)=O)c2N)C(C(=O)NC2CCCC2)c2ccc(OC)cc2)cc1. The molecule has 3 amide bonds. The second-order valence-electron chi connectivity index (χ2n) is 9.00. The van der Waals surface area contributed by atoms with E-state index in [4.69, 9.17) is 16.2 Å². The van der Waals surface area contributed by atoms with Crippen LogP contribution in [0.15, 0.2) is 48.5 Å². The van der Waals surface area contributed by atoms with Gasteiger partial charge >= 0.3 is 0 Å². The van der Waals surface area contributed by atoms with Gasteiger partial charge in [-0.2, -0.15) is 4.37 Å². The molecule has 1 fully saturated rings. The highest BCUT2D eigenvalue weighted by Crippen LogP contribution is 2.34. The molecule has 1 heterocycles. The Labute approximate surface area is 220 Å². The van der Waals surface area contributed by atoms with Gasteiger partial charge in [-0.05, 0) is 66.2 Å². The lowest BCUT2D eigenvalue weighted by atomic mass is 10.0. The number of nitrogens with zero attached hydrogens (tertiary/aromatic N) is 2. The summed E-state index contributed by atoms with van der Waals surface area (Å²) >= 11 is 0.788. The van der Waals surface area contributed by atoms with Crippen molar-refractivity contribution in [1.29, 1.82) is 0 Å². The van der Waals surface area contributed by atoms with Crippen molar-refractivity contribution in [3.8, 4) is 5.75 Å². The van der Waals surface area contributed by atoms with E-state index >= 15 is 0 Å². The highest BCUT2D eigenvalue weighted by atomic mass is 32.1. The van der Waals surface area contributed by atoms with E-state index in [1.54, 1.807) is 31.4 Å². The standard InChI is InChI=1S/C27H31N5O4S/c1-3-16-8-12-19(13-9-16)32(27(35)24-21(28)22(25(29)33)31-37-24)23(17-10-14-20(36-2)15-11-17)26(34)30-18-6-4-5-7-18/h8-15,18,23H,3-7,28H2,1-2H3,(H2,29,33)(H,30,34). The fourth-order valence-electron chi connectivity index (χ4n) is 4.57. The Balaban J connectivity index is 1.84. The van der Waals surface area contributed by atoms with E-state index < -0.39 is 17.9 Å². The molecule has 1 saturated carbocycles. The molecule has 4 rings (SSSR count). The van der Waals surface area contributed by atoms with Crippen molar-refractivity contribution in [2.24, 2.45) is 5.73 Å². The number of hydrogen-bond donors (Lipinski definition) is 3. The van der Waals surface area contributed by atoms with E-state index in [2.05, 4.69) is 9.69 Å². The number of aryl methyl sites for hydroxylation is 1. The Morgan fingerprint density at radius 2 is 1.76 bits per heavy atom. The molecular weight excluding hydrogens is 490 g/mol. The fraction of sp³-hybridized carbons (Fsp3) is 0.333. The Morgan fingerprint density at radius 3 is 2.30 bits per heavy atom. The third-order valence-electron chi connectivity index (χ3n) is 6.64. The van der Waals surface area contributed by atoms with Crippen LogP contribution in [-0.2, 0) is 11.2 Å². The first-order valence-electron chi connectivity index (χ1n) is 12.3. The number of ether oxygens (including phenoxy) is 1. The van der Waals surface area contributed by atoms with Crippen molar-refractivity contribution in [1.82, 2.24) is 9.69 Å². The van der Waals surface area contributed by atoms with Crippen LogP contribution in [0.1, 0.15) is 69.9 Å². The van der Waals surface area contributed by atoms with Crippen LogP contribution in [0.25, 0.3) is 0 Å². The predicted octanol–water partition coefficient (Wildman–Crippen LogP) is 3.84. The van der Waals surface area contributed by atoms with E-state index in [1.165, 1.54) is 4.90 Å². The Morgan fingerprint density at radius 1 is 1.11 bits per heavy atom. The number of nitrogens with one attached hydrogen (secondary N) is 1. The van der Waals surface area contributed by atoms with Crippen molar-refractivity contribution in [2.75, 3.05) is 17.7 Å². The molecule has 10 heteroatoms. The summed E-state index contributed by atoms with van der Waals surface area (Å²) in [5.74, 6) is -1.05. The van der Waals surface area contributed by atoms with Crippen LogP contribution in [0.5, 0.6) is 5.75 Å². The predicted molar refractivity (Wildman–Crippen MR) is 144 cm³/mol. The number of amides is 3. The average Bonchev–Trinajstić information content (AvgIpc) is 3.56. The maximum atomic E-state index is 14.1. The largest absolute Gasteiger partial charge is 0.497 e. The lowest BCUT2D eigenvalue weighted by molar-refractivity contribution is -0.123. The molecule has 37 heavy (non-hydrogen) atoms. The van der Waals surface area contributed by atoms with Gasteiger partial charge in [-0.15, -0.1) is 0 Å². The molecule has 194 valence electrons. The molecule has 0 radical (unpaired) electrons. The number of aromatic nitrogens is 1. The molecule has 1 unspecified atom stereocenters. The monoisotopic (exact) mass is 521 g/mol. The summed E-state index contributed by atoms with van der Waals surface area (Å²) < 4.78 is 9.30. The number of nitrogens with two attached hydrogens (primary N) is 2. The minimum absolute atomic E-state index is 0.0422. The number of hydrogen-bond acceptors (Lipinski definition) is 7. The summed E-state index contributed by atoms with van der Waals surface area (Å²) in [4.78, 5) is 41.2. The minimum atomic E-state index is -1.01. The molecular formula is C27H31N5O4S. The van der Waals surface area contributed by atoms with Crippen LogP contribution in [0.2, 0.25) is 0 Å². The molecule has 0 saturated heterocycles. The Hall–Kier alpha value is -3.92. The van der Waals surface area contributed by atoms with Crippen molar-refractivity contribution in [3.05, 3.63) is 70.2 Å². The van der Waals surface area contributed by atoms with Gasteiger partial charge in [0.05, 0.1) is 12.8 Å². The zero-order valence-corrected chi connectivity index (χ0v) is 21.7. The van der Waals surface area contributed by atoms with Gasteiger partial charge in [0.15, 0.2) is 5.69 Å². The number of primary amides is 1. The number of rotatable bonds is 9. The van der Waals surface area contributed by atoms with Gasteiger partial charge < -0.3 is 21.5 Å². The van der Waals surface area contributed by atoms with Crippen LogP contribution >= 0.6 is 11.5 Å². The van der Waals surface area contributed by atoms with Crippen LogP contribution < -0.4 is 26.4 Å². The highest BCUT2D eigenvalue weighted by Gasteiger charge is 2.37. The second-order valence-corrected chi connectivity index (χ2v) is 9.77. The lowest BCUT2D eigenvalue weighted by Crippen LogP contribution is -2.46. The third kappa shape index (κ3) is 5.59. The van der Waals surface area contributed by atoms with Crippen LogP contribution in [-0.4, -0.2) is 35.2 Å². The lowest BCUT2D eigenvalue weighted by Gasteiger charge is -2.32. The molecule has 3 aromatic rings. The summed E-state index contributed by atoms with van der Waals surface area (Å²) in [6.45, 7) is 2.04. The van der Waals surface area contributed by atoms with Crippen molar-refractivity contribution < 1.29 is 19.1 Å². The van der Waals surface area contributed by atoms with Gasteiger partial charge in [-0.25, -0.2) is 0 Å². The zero-order valence-electron chi connectivity index (χ0n) is 20.9. The second kappa shape index (κ2) is 11.4. The summed E-state index contributed by atoms with van der Waals surface area (Å²) in [5.41, 5.74) is 13.5. The summed E-state index contributed by atoms with van der Waals surface area (Å²) in [7, 11) is 1.56. The molecule has 1 aliphatic carbocycles. The fourth-order valence-corrected chi connectivity index (χ4v) is 5.31. The molecule has 1 aromatic heterocycles. The molecule has 0 bridgehead atoms. The van der Waals surface area contributed by atoms with Crippen molar-refractivity contribution in [2.45, 2.75) is 51.1 Å². The van der Waals surface area contributed by atoms with E-state index in [-0.39, 0.29) is 28.2 Å². The van der Waals surface area contributed by atoms with Gasteiger partial charge in [0.2, 0.25) is 5.91 Å². The summed E-state index contributed by atoms with van der Waals surface area (Å²) in [6.07, 6.45) is 4.70. The Bertz CT molecular complexity index is 1270. The molecule has 0 spiro atoms. The van der Waals surface area contributed by atoms with Gasteiger partial charge in [0.25, 0.3) is 11.8 Å². The first-order chi connectivity index (χ1) is 17.8. The molecule has 9 nitrogen and oxygen atoms in total. The van der Waals surface area contributed by atoms with Crippen LogP contribution in [0.4, 0.5) is 11.4 Å². The number of benzene rings is 2. The number of carbonyl (C=O) groups excluding carboxylic acids is 3. The van der Waals surface area contributed by atoms with Crippen LogP contribution in [0, 0.1) is 0 Å². The molecule has 0 aliphatic heterocycles. The molecule has 1 aliphatic rings. The first kappa shape index (κ1) is 26.2. The summed E-state index contributed by atoms with van der Waals surface area (Å²) in [5, 5.41) is 3.14. The van der Waals surface area contributed by atoms with E-state index in [0.29, 0.717) is 17.0 Å². The van der Waals surface area contributed by atoms with Crippen molar-refractivity contribution in [3.63, 3.8) is 0 Å². The number of nitrogen functional groups attached to an aromatic ring is 1. The van der Waals surface area contributed by atoms with E-state index in [0.717, 1.165) is 49.2 Å². The van der Waals surface area contributed by atoms with Gasteiger partial charge in [0.1, 0.15) is 16.7 Å². The highest BCUT2D eigenvalue weighted by molar-refractivity contribution is 7.09. The maximum absolute atomic E-state index is 14.1. The number of methoxy groups -OCH3 is 1. The zero-order chi connectivity index (χ0) is 26.5. The number of carbonyl (C=O) groups is 3. The molecule has 1 atom stereocenters. The molecule has 5 N–H and O–H groups in total. The third-order valence-corrected chi connectivity index (χ3v) is 7.49. The quantitative estimate of drug-likeness (QED) is 0.391. The topological polar surface area (TPSA) is 141 Å². The van der Waals surface area contributed by atoms with Crippen LogP contribution in [0.3, 0.4) is 0 Å².